The molecule has 0 radical (unpaired) electrons. The molecule has 0 aliphatic rings. The molecule has 0 saturated carbocycles. The van der Waals surface area contributed by atoms with Crippen molar-refractivity contribution in [2.75, 3.05) is 13.1 Å². The van der Waals surface area contributed by atoms with E-state index in [1.807, 2.05) is 0 Å². The molecule has 2 nitrogen and oxygen atoms in total. The molecule has 0 atom stereocenters. The SMILES string of the molecule is CC(C)(C)NC(C)(C)C.CC(C)CNCC(C)C. The van der Waals surface area contributed by atoms with Gasteiger partial charge in [0.2, 0.25) is 0 Å². The summed E-state index contributed by atoms with van der Waals surface area (Å²) in [6, 6.07) is 0. The monoisotopic (exact) mass is 258 g/mol. The molecule has 0 saturated heterocycles. The molecule has 0 aliphatic heterocycles. The molecular formula is C16H38N2. The van der Waals surface area contributed by atoms with Crippen molar-refractivity contribution in [3.8, 4) is 0 Å². The highest BCUT2D eigenvalue weighted by Crippen LogP contribution is 2.08. The molecule has 2 heteroatoms. The van der Waals surface area contributed by atoms with Crippen LogP contribution in [-0.4, -0.2) is 24.2 Å². The molecular weight excluding hydrogens is 220 g/mol. The second-order valence-electron chi connectivity index (χ2n) is 8.07. The third-order valence-corrected chi connectivity index (χ3v) is 1.86. The van der Waals surface area contributed by atoms with Crippen LogP contribution in [0.2, 0.25) is 0 Å². The molecule has 0 heterocycles. The van der Waals surface area contributed by atoms with Gasteiger partial charge in [-0.2, -0.15) is 0 Å². The van der Waals surface area contributed by atoms with Gasteiger partial charge in [-0.05, 0) is 66.5 Å². The standard InChI is InChI=1S/2C8H19N/c1-7(2)5-9-6-8(3)4;1-7(2,3)9-8(4,5)6/h7-9H,5-6H2,1-4H3;9H,1-6H3. The zero-order valence-electron chi connectivity index (χ0n) is 14.6. The summed E-state index contributed by atoms with van der Waals surface area (Å²) in [5.74, 6) is 1.56. The van der Waals surface area contributed by atoms with E-state index < -0.39 is 0 Å². The Bertz CT molecular complexity index is 162. The van der Waals surface area contributed by atoms with E-state index in [4.69, 9.17) is 0 Å². The van der Waals surface area contributed by atoms with Crippen molar-refractivity contribution < 1.29 is 0 Å². The topological polar surface area (TPSA) is 24.1 Å². The maximum Gasteiger partial charge on any atom is 0.0101 e. The summed E-state index contributed by atoms with van der Waals surface area (Å²) in [7, 11) is 0. The Labute approximate surface area is 116 Å². The predicted molar refractivity (Wildman–Crippen MR) is 85.2 cm³/mol. The van der Waals surface area contributed by atoms with E-state index in [0.29, 0.717) is 0 Å². The van der Waals surface area contributed by atoms with Crippen LogP contribution in [0.1, 0.15) is 69.2 Å². The highest BCUT2D eigenvalue weighted by molar-refractivity contribution is 4.80. The van der Waals surface area contributed by atoms with Crippen molar-refractivity contribution in [1.82, 2.24) is 10.6 Å². The van der Waals surface area contributed by atoms with Gasteiger partial charge in [0.05, 0.1) is 0 Å². The van der Waals surface area contributed by atoms with Crippen LogP contribution < -0.4 is 10.6 Å². The third kappa shape index (κ3) is 24.9. The highest BCUT2D eigenvalue weighted by atomic mass is 15.0. The molecule has 18 heavy (non-hydrogen) atoms. The van der Waals surface area contributed by atoms with Gasteiger partial charge in [-0.1, -0.05) is 27.7 Å². The fourth-order valence-corrected chi connectivity index (χ4v) is 1.79. The maximum absolute atomic E-state index is 3.46. The number of hydrogen-bond donors (Lipinski definition) is 2. The lowest BCUT2D eigenvalue weighted by atomic mass is 10.0. The first-order chi connectivity index (χ1) is 7.83. The lowest BCUT2D eigenvalue weighted by Gasteiger charge is -2.31. The van der Waals surface area contributed by atoms with Crippen molar-refractivity contribution in [2.45, 2.75) is 80.3 Å². The van der Waals surface area contributed by atoms with Crippen molar-refractivity contribution in [3.05, 3.63) is 0 Å². The minimum Gasteiger partial charge on any atom is -0.316 e. The molecule has 0 amide bonds. The van der Waals surface area contributed by atoms with Crippen LogP contribution >= 0.6 is 0 Å². The number of rotatable bonds is 4. The van der Waals surface area contributed by atoms with E-state index in [9.17, 15) is 0 Å². The Morgan fingerprint density at radius 3 is 1.06 bits per heavy atom. The Kier molecular flexibility index (Phi) is 10.0. The van der Waals surface area contributed by atoms with E-state index >= 15 is 0 Å². The average Bonchev–Trinajstić information content (AvgIpc) is 1.95. The van der Waals surface area contributed by atoms with E-state index in [2.05, 4.69) is 79.9 Å². The van der Waals surface area contributed by atoms with E-state index in [0.717, 1.165) is 24.9 Å². The minimum atomic E-state index is 0.234. The molecule has 0 aromatic heterocycles. The normalized spacial score (nSPS) is 12.7. The van der Waals surface area contributed by atoms with Gasteiger partial charge in [-0.15, -0.1) is 0 Å². The van der Waals surface area contributed by atoms with Gasteiger partial charge in [0, 0.05) is 11.1 Å². The van der Waals surface area contributed by atoms with Crippen molar-refractivity contribution in [1.29, 1.82) is 0 Å². The van der Waals surface area contributed by atoms with Crippen LogP contribution in [0.3, 0.4) is 0 Å². The van der Waals surface area contributed by atoms with Crippen LogP contribution in [0, 0.1) is 11.8 Å². The van der Waals surface area contributed by atoms with E-state index in [-0.39, 0.29) is 11.1 Å². The quantitative estimate of drug-likeness (QED) is 0.794. The first-order valence-corrected chi connectivity index (χ1v) is 7.33. The molecule has 0 aliphatic carbocycles. The van der Waals surface area contributed by atoms with Crippen molar-refractivity contribution in [2.24, 2.45) is 11.8 Å². The lowest BCUT2D eigenvalue weighted by molar-refractivity contribution is 0.303. The molecule has 112 valence electrons. The van der Waals surface area contributed by atoms with Crippen molar-refractivity contribution in [3.63, 3.8) is 0 Å². The largest absolute Gasteiger partial charge is 0.316 e. The first kappa shape index (κ1) is 20.2. The lowest BCUT2D eigenvalue weighted by Crippen LogP contribution is -2.48. The smallest absolute Gasteiger partial charge is 0.0101 e. The zero-order chi connectivity index (χ0) is 15.0. The van der Waals surface area contributed by atoms with Gasteiger partial charge < -0.3 is 10.6 Å². The summed E-state index contributed by atoms with van der Waals surface area (Å²) < 4.78 is 0. The molecule has 0 aromatic rings. The first-order valence-electron chi connectivity index (χ1n) is 7.33. The summed E-state index contributed by atoms with van der Waals surface area (Å²) >= 11 is 0. The number of hydrogen-bond acceptors (Lipinski definition) is 2. The van der Waals surface area contributed by atoms with Crippen LogP contribution in [-0.2, 0) is 0 Å². The third-order valence-electron chi connectivity index (χ3n) is 1.86. The fourth-order valence-electron chi connectivity index (χ4n) is 1.79. The van der Waals surface area contributed by atoms with E-state index in [1.165, 1.54) is 0 Å². The van der Waals surface area contributed by atoms with Gasteiger partial charge in [-0.3, -0.25) is 0 Å². The second kappa shape index (κ2) is 8.92. The molecule has 2 N–H and O–H groups in total. The van der Waals surface area contributed by atoms with Gasteiger partial charge in [-0.25, -0.2) is 0 Å². The zero-order valence-corrected chi connectivity index (χ0v) is 14.6. The molecule has 0 spiro atoms. The van der Waals surface area contributed by atoms with Gasteiger partial charge >= 0.3 is 0 Å². The summed E-state index contributed by atoms with van der Waals surface area (Å²) in [6.45, 7) is 24.3. The van der Waals surface area contributed by atoms with Gasteiger partial charge in [0.25, 0.3) is 0 Å². The molecule has 0 fully saturated rings. The predicted octanol–water partition coefficient (Wildman–Crippen LogP) is 4.06. The van der Waals surface area contributed by atoms with E-state index in [1.54, 1.807) is 0 Å². The van der Waals surface area contributed by atoms with Crippen LogP contribution in [0.5, 0.6) is 0 Å². The summed E-state index contributed by atoms with van der Waals surface area (Å²) in [5, 5.41) is 6.84. The Balaban J connectivity index is 0. The summed E-state index contributed by atoms with van der Waals surface area (Å²) in [6.07, 6.45) is 0. The van der Waals surface area contributed by atoms with Crippen molar-refractivity contribution >= 4 is 0 Å². The molecule has 0 aromatic carbocycles. The Morgan fingerprint density at radius 1 is 0.667 bits per heavy atom. The summed E-state index contributed by atoms with van der Waals surface area (Å²) in [4.78, 5) is 0. The average molecular weight is 258 g/mol. The van der Waals surface area contributed by atoms with Crippen LogP contribution in [0.25, 0.3) is 0 Å². The molecule has 0 unspecified atom stereocenters. The van der Waals surface area contributed by atoms with Crippen LogP contribution in [0.15, 0.2) is 0 Å². The molecule has 0 bridgehead atoms. The Morgan fingerprint density at radius 2 is 0.944 bits per heavy atom. The summed E-state index contributed by atoms with van der Waals surface area (Å²) in [5.41, 5.74) is 0.469. The fraction of sp³-hybridized carbons (Fsp3) is 1.00. The minimum absolute atomic E-state index is 0.234. The van der Waals surface area contributed by atoms with Gasteiger partial charge in [0.1, 0.15) is 0 Å². The Hall–Kier alpha value is -0.0800. The van der Waals surface area contributed by atoms with Crippen LogP contribution in [0.4, 0.5) is 0 Å². The highest BCUT2D eigenvalue weighted by Gasteiger charge is 2.18. The second-order valence-corrected chi connectivity index (χ2v) is 8.07. The molecule has 0 rings (SSSR count). The number of nitrogens with one attached hydrogen (secondary N) is 2. The maximum atomic E-state index is 3.46. The van der Waals surface area contributed by atoms with Gasteiger partial charge in [0.15, 0.2) is 0 Å².